The molecule has 84 valence electrons. The van der Waals surface area contributed by atoms with Crippen LogP contribution < -0.4 is 5.32 Å². The molecule has 2 aliphatic rings. The van der Waals surface area contributed by atoms with Crippen molar-refractivity contribution in [3.63, 3.8) is 0 Å². The van der Waals surface area contributed by atoms with Crippen LogP contribution in [0.3, 0.4) is 0 Å². The molecule has 3 nitrogen and oxygen atoms in total. The van der Waals surface area contributed by atoms with Crippen molar-refractivity contribution >= 4 is 21.8 Å². The van der Waals surface area contributed by atoms with E-state index in [1.165, 1.54) is 5.56 Å². The standard InChI is InChI=1S/C12H12BrNO2/c1-7-9-4-8(13)2-3-10(9)12(5-16-6-12)14-11(7)15/h2-4,7H,5-6H2,1H3,(H,14,15). The summed E-state index contributed by atoms with van der Waals surface area (Å²) in [7, 11) is 0. The maximum absolute atomic E-state index is 11.9. The smallest absolute Gasteiger partial charge is 0.228 e. The summed E-state index contributed by atoms with van der Waals surface area (Å²) in [6, 6.07) is 6.14. The second-order valence-electron chi connectivity index (χ2n) is 4.52. The summed E-state index contributed by atoms with van der Waals surface area (Å²) in [5.74, 6) is 0.00706. The summed E-state index contributed by atoms with van der Waals surface area (Å²) < 4.78 is 6.28. The van der Waals surface area contributed by atoms with Crippen molar-refractivity contribution in [1.82, 2.24) is 5.32 Å². The van der Waals surface area contributed by atoms with Crippen LogP contribution in [0.1, 0.15) is 24.0 Å². The first kappa shape index (κ1) is 10.3. The van der Waals surface area contributed by atoms with E-state index in [2.05, 4.69) is 27.3 Å². The molecule has 1 amide bonds. The van der Waals surface area contributed by atoms with Crippen LogP contribution in [0.4, 0.5) is 0 Å². The Hall–Kier alpha value is -0.870. The van der Waals surface area contributed by atoms with Crippen LogP contribution in [0.2, 0.25) is 0 Å². The van der Waals surface area contributed by atoms with E-state index in [0.29, 0.717) is 13.2 Å². The molecule has 1 atom stereocenters. The molecule has 0 radical (unpaired) electrons. The lowest BCUT2D eigenvalue weighted by molar-refractivity contribution is -0.137. The number of ether oxygens (including phenoxy) is 1. The van der Waals surface area contributed by atoms with Crippen LogP contribution in [0.25, 0.3) is 0 Å². The molecule has 0 aromatic heterocycles. The van der Waals surface area contributed by atoms with Gasteiger partial charge in [-0.05, 0) is 30.2 Å². The lowest BCUT2D eigenvalue weighted by Gasteiger charge is -2.47. The zero-order chi connectivity index (χ0) is 11.3. The highest BCUT2D eigenvalue weighted by Crippen LogP contribution is 2.40. The van der Waals surface area contributed by atoms with Crippen LogP contribution in [0.15, 0.2) is 22.7 Å². The summed E-state index contributed by atoms with van der Waals surface area (Å²) in [5.41, 5.74) is 2.05. The predicted molar refractivity (Wildman–Crippen MR) is 63.2 cm³/mol. The van der Waals surface area contributed by atoms with Gasteiger partial charge in [-0.2, -0.15) is 0 Å². The Labute approximate surface area is 102 Å². The van der Waals surface area contributed by atoms with Crippen molar-refractivity contribution in [2.45, 2.75) is 18.4 Å². The van der Waals surface area contributed by atoms with Gasteiger partial charge in [-0.1, -0.05) is 22.0 Å². The van der Waals surface area contributed by atoms with E-state index in [9.17, 15) is 4.79 Å². The van der Waals surface area contributed by atoms with Crippen LogP contribution in [-0.4, -0.2) is 19.1 Å². The number of hydrogen-bond acceptors (Lipinski definition) is 2. The molecule has 3 rings (SSSR count). The van der Waals surface area contributed by atoms with Crippen LogP contribution >= 0.6 is 15.9 Å². The topological polar surface area (TPSA) is 38.3 Å². The molecule has 1 unspecified atom stereocenters. The van der Waals surface area contributed by atoms with E-state index >= 15 is 0 Å². The normalized spacial score (nSPS) is 25.9. The minimum atomic E-state index is -0.264. The lowest BCUT2D eigenvalue weighted by Crippen LogP contribution is -2.62. The fraction of sp³-hybridized carbons (Fsp3) is 0.417. The summed E-state index contributed by atoms with van der Waals surface area (Å²) in [6.07, 6.45) is 0. The Balaban J connectivity index is 2.18. The van der Waals surface area contributed by atoms with Gasteiger partial charge in [-0.3, -0.25) is 4.79 Å². The molecule has 1 fully saturated rings. The van der Waals surface area contributed by atoms with Crippen LogP contribution in [0, 0.1) is 0 Å². The fourth-order valence-corrected chi connectivity index (χ4v) is 2.79. The van der Waals surface area contributed by atoms with Crippen molar-refractivity contribution in [2.75, 3.05) is 13.2 Å². The maximum Gasteiger partial charge on any atom is 0.228 e. The number of hydrogen-bond donors (Lipinski definition) is 1. The number of fused-ring (bicyclic) bond motifs is 2. The summed E-state index contributed by atoms with van der Waals surface area (Å²) in [6.45, 7) is 3.10. The van der Waals surface area contributed by atoms with Crippen molar-refractivity contribution in [3.8, 4) is 0 Å². The minimum Gasteiger partial charge on any atom is -0.376 e. The van der Waals surface area contributed by atoms with Gasteiger partial charge in [0, 0.05) is 4.47 Å². The molecule has 1 N–H and O–H groups in total. The van der Waals surface area contributed by atoms with Gasteiger partial charge >= 0.3 is 0 Å². The molecule has 2 heterocycles. The Morgan fingerprint density at radius 3 is 2.88 bits per heavy atom. The van der Waals surface area contributed by atoms with Crippen LogP contribution in [-0.2, 0) is 15.1 Å². The quantitative estimate of drug-likeness (QED) is 0.789. The van der Waals surface area contributed by atoms with E-state index < -0.39 is 0 Å². The monoisotopic (exact) mass is 281 g/mol. The van der Waals surface area contributed by atoms with Gasteiger partial charge in [0.15, 0.2) is 0 Å². The number of carbonyl (C=O) groups is 1. The molecule has 4 heteroatoms. The van der Waals surface area contributed by atoms with Crippen molar-refractivity contribution < 1.29 is 9.53 Å². The second kappa shape index (κ2) is 3.31. The van der Waals surface area contributed by atoms with Crippen molar-refractivity contribution in [2.24, 2.45) is 0 Å². The number of amides is 1. The lowest BCUT2D eigenvalue weighted by atomic mass is 9.77. The first-order valence-corrected chi connectivity index (χ1v) is 6.11. The third-order valence-electron chi connectivity index (χ3n) is 3.45. The summed E-state index contributed by atoms with van der Waals surface area (Å²) in [4.78, 5) is 11.9. The van der Waals surface area contributed by atoms with Crippen molar-refractivity contribution in [3.05, 3.63) is 33.8 Å². The minimum absolute atomic E-state index is 0.0845. The Bertz CT molecular complexity index is 468. The second-order valence-corrected chi connectivity index (χ2v) is 5.43. The van der Waals surface area contributed by atoms with E-state index in [1.807, 2.05) is 19.1 Å². The van der Waals surface area contributed by atoms with Gasteiger partial charge in [-0.25, -0.2) is 0 Å². The van der Waals surface area contributed by atoms with Crippen LogP contribution in [0.5, 0.6) is 0 Å². The molecular weight excluding hydrogens is 270 g/mol. The Morgan fingerprint density at radius 2 is 2.25 bits per heavy atom. The predicted octanol–water partition coefficient (Wildman–Crippen LogP) is 1.91. The van der Waals surface area contributed by atoms with Gasteiger partial charge in [0.05, 0.1) is 19.1 Å². The zero-order valence-corrected chi connectivity index (χ0v) is 10.5. The number of nitrogens with one attached hydrogen (secondary N) is 1. The maximum atomic E-state index is 11.9. The van der Waals surface area contributed by atoms with Gasteiger partial charge in [-0.15, -0.1) is 0 Å². The Kier molecular flexibility index (Phi) is 2.13. The third-order valence-corrected chi connectivity index (χ3v) is 3.94. The summed E-state index contributed by atoms with van der Waals surface area (Å²) in [5, 5.41) is 3.08. The number of halogens is 1. The first-order valence-electron chi connectivity index (χ1n) is 5.32. The fourth-order valence-electron chi connectivity index (χ4n) is 2.41. The first-order chi connectivity index (χ1) is 7.62. The highest BCUT2D eigenvalue weighted by molar-refractivity contribution is 9.10. The average molecular weight is 282 g/mol. The van der Waals surface area contributed by atoms with Gasteiger partial charge in [0.1, 0.15) is 5.54 Å². The molecule has 1 aromatic carbocycles. The molecule has 0 bridgehead atoms. The van der Waals surface area contributed by atoms with Gasteiger partial charge in [0.2, 0.25) is 5.91 Å². The molecule has 1 aromatic rings. The van der Waals surface area contributed by atoms with E-state index in [-0.39, 0.29) is 17.4 Å². The van der Waals surface area contributed by atoms with Crippen molar-refractivity contribution in [1.29, 1.82) is 0 Å². The van der Waals surface area contributed by atoms with Gasteiger partial charge < -0.3 is 10.1 Å². The van der Waals surface area contributed by atoms with E-state index in [1.54, 1.807) is 0 Å². The number of carbonyl (C=O) groups excluding carboxylic acids is 1. The van der Waals surface area contributed by atoms with Gasteiger partial charge in [0.25, 0.3) is 0 Å². The molecule has 0 aliphatic carbocycles. The number of rotatable bonds is 0. The molecule has 1 spiro atoms. The molecule has 0 saturated carbocycles. The summed E-state index contributed by atoms with van der Waals surface area (Å²) >= 11 is 3.45. The molecule has 2 aliphatic heterocycles. The van der Waals surface area contributed by atoms with E-state index in [4.69, 9.17) is 4.74 Å². The molecule has 1 saturated heterocycles. The number of benzene rings is 1. The SMILES string of the molecule is CC1C(=O)NC2(COC2)c2ccc(Br)cc21. The van der Waals surface area contributed by atoms with E-state index in [0.717, 1.165) is 10.0 Å². The molecular formula is C12H12BrNO2. The Morgan fingerprint density at radius 1 is 1.50 bits per heavy atom. The zero-order valence-electron chi connectivity index (χ0n) is 8.92. The highest BCUT2D eigenvalue weighted by Gasteiger charge is 2.47. The third kappa shape index (κ3) is 1.26. The average Bonchev–Trinajstić information content (AvgIpc) is 2.21. The highest BCUT2D eigenvalue weighted by atomic mass is 79.9. The largest absolute Gasteiger partial charge is 0.376 e. The molecule has 16 heavy (non-hydrogen) atoms.